The van der Waals surface area contributed by atoms with Crippen molar-refractivity contribution in [3.8, 4) is 0 Å². The Kier molecular flexibility index (Phi) is 1.55. The van der Waals surface area contributed by atoms with E-state index >= 15 is 0 Å². The third kappa shape index (κ3) is 1.16. The van der Waals surface area contributed by atoms with Crippen LogP contribution in [0.1, 0.15) is 10.4 Å². The third-order valence-electron chi connectivity index (χ3n) is 1.83. The van der Waals surface area contributed by atoms with Crippen LogP contribution in [-0.4, -0.2) is 15.5 Å². The van der Waals surface area contributed by atoms with Gasteiger partial charge in [-0.15, -0.1) is 0 Å². The van der Waals surface area contributed by atoms with Gasteiger partial charge in [0.1, 0.15) is 5.82 Å². The normalized spacial score (nSPS) is 10.5. The Hall–Kier alpha value is -1.84. The second-order valence-corrected chi connectivity index (χ2v) is 2.68. The van der Waals surface area contributed by atoms with Gasteiger partial charge in [0.05, 0.1) is 11.1 Å². The Bertz CT molecular complexity index is 475. The molecule has 0 bridgehead atoms. The van der Waals surface area contributed by atoms with Crippen molar-refractivity contribution >= 4 is 11.5 Å². The van der Waals surface area contributed by atoms with E-state index in [2.05, 4.69) is 0 Å². The largest absolute Gasteiger partial charge is 0.478 e. The predicted molar refractivity (Wildman–Crippen MR) is 44.3 cm³/mol. The van der Waals surface area contributed by atoms with E-state index < -0.39 is 11.8 Å². The van der Waals surface area contributed by atoms with E-state index in [0.717, 1.165) is 0 Å². The van der Waals surface area contributed by atoms with E-state index in [-0.39, 0.29) is 11.1 Å². The molecule has 2 rings (SSSR count). The number of hydrogen-bond acceptors (Lipinski definition) is 1. The van der Waals surface area contributed by atoms with Gasteiger partial charge in [0, 0.05) is 12.4 Å². The molecule has 0 aromatic carbocycles. The molecule has 0 aliphatic heterocycles. The van der Waals surface area contributed by atoms with E-state index in [4.69, 9.17) is 5.11 Å². The molecular formula is C9H6FNO2. The predicted octanol–water partition coefficient (Wildman–Crippen LogP) is 1.78. The lowest BCUT2D eigenvalue weighted by Crippen LogP contribution is -1.91. The first-order valence-corrected chi connectivity index (χ1v) is 3.68. The number of pyridine rings is 1. The van der Waals surface area contributed by atoms with Gasteiger partial charge in [-0.1, -0.05) is 0 Å². The monoisotopic (exact) mass is 179 g/mol. The van der Waals surface area contributed by atoms with Gasteiger partial charge in [-0.05, 0) is 18.2 Å². The summed E-state index contributed by atoms with van der Waals surface area (Å²) in [7, 11) is 0. The van der Waals surface area contributed by atoms with Gasteiger partial charge in [-0.3, -0.25) is 0 Å². The summed E-state index contributed by atoms with van der Waals surface area (Å²) in [6.45, 7) is 0. The van der Waals surface area contributed by atoms with Crippen molar-refractivity contribution in [1.82, 2.24) is 4.40 Å². The summed E-state index contributed by atoms with van der Waals surface area (Å²) in [5.41, 5.74) is 0.366. The summed E-state index contributed by atoms with van der Waals surface area (Å²) in [6, 6.07) is 4.12. The van der Waals surface area contributed by atoms with Crippen molar-refractivity contribution < 1.29 is 14.3 Å². The number of halogens is 1. The fourth-order valence-electron chi connectivity index (χ4n) is 1.22. The maximum atomic E-state index is 13.0. The number of carbonyl (C=O) groups is 1. The molecule has 0 saturated carbocycles. The molecule has 13 heavy (non-hydrogen) atoms. The minimum Gasteiger partial charge on any atom is -0.478 e. The zero-order valence-electron chi connectivity index (χ0n) is 6.57. The van der Waals surface area contributed by atoms with Crippen LogP contribution in [0.3, 0.4) is 0 Å². The molecule has 0 saturated heterocycles. The smallest absolute Gasteiger partial charge is 0.337 e. The third-order valence-corrected chi connectivity index (χ3v) is 1.83. The Morgan fingerprint density at radius 2 is 2.31 bits per heavy atom. The number of aromatic nitrogens is 1. The number of aromatic carboxylic acids is 1. The van der Waals surface area contributed by atoms with Crippen molar-refractivity contribution in [2.45, 2.75) is 0 Å². The Morgan fingerprint density at radius 3 is 2.92 bits per heavy atom. The molecule has 0 spiro atoms. The van der Waals surface area contributed by atoms with Crippen LogP contribution in [0.15, 0.2) is 30.6 Å². The SMILES string of the molecule is O=C(O)c1cc2c(F)cccn2c1. The maximum Gasteiger partial charge on any atom is 0.337 e. The summed E-state index contributed by atoms with van der Waals surface area (Å²) in [6.07, 6.45) is 2.98. The Balaban J connectivity index is 2.75. The van der Waals surface area contributed by atoms with E-state index in [9.17, 15) is 9.18 Å². The average Bonchev–Trinajstić information content (AvgIpc) is 2.49. The topological polar surface area (TPSA) is 41.7 Å². The highest BCUT2D eigenvalue weighted by atomic mass is 19.1. The molecule has 66 valence electrons. The van der Waals surface area contributed by atoms with Crippen molar-refractivity contribution in [2.75, 3.05) is 0 Å². The van der Waals surface area contributed by atoms with Crippen LogP contribution >= 0.6 is 0 Å². The lowest BCUT2D eigenvalue weighted by Gasteiger charge is -1.92. The Morgan fingerprint density at radius 1 is 1.54 bits per heavy atom. The lowest BCUT2D eigenvalue weighted by atomic mass is 10.3. The minimum absolute atomic E-state index is 0.0881. The highest BCUT2D eigenvalue weighted by Gasteiger charge is 2.08. The van der Waals surface area contributed by atoms with Gasteiger partial charge in [-0.25, -0.2) is 9.18 Å². The lowest BCUT2D eigenvalue weighted by molar-refractivity contribution is 0.0697. The first kappa shape index (κ1) is 7.79. The summed E-state index contributed by atoms with van der Waals surface area (Å²) >= 11 is 0. The van der Waals surface area contributed by atoms with Crippen LogP contribution in [0.2, 0.25) is 0 Å². The van der Waals surface area contributed by atoms with Crippen LogP contribution < -0.4 is 0 Å². The Labute approximate surface area is 73.0 Å². The molecule has 0 unspecified atom stereocenters. The van der Waals surface area contributed by atoms with Gasteiger partial charge in [-0.2, -0.15) is 0 Å². The zero-order valence-corrected chi connectivity index (χ0v) is 6.57. The van der Waals surface area contributed by atoms with Gasteiger partial charge in [0.25, 0.3) is 0 Å². The molecule has 0 radical (unpaired) electrons. The maximum absolute atomic E-state index is 13.0. The van der Waals surface area contributed by atoms with Crippen LogP contribution in [0, 0.1) is 5.82 Å². The van der Waals surface area contributed by atoms with Crippen molar-refractivity contribution in [3.63, 3.8) is 0 Å². The molecule has 2 heterocycles. The molecule has 0 amide bonds. The molecule has 0 aliphatic rings. The van der Waals surface area contributed by atoms with Gasteiger partial charge in [0.2, 0.25) is 0 Å². The number of carboxylic acids is 1. The van der Waals surface area contributed by atoms with Crippen LogP contribution in [0.4, 0.5) is 4.39 Å². The van der Waals surface area contributed by atoms with Gasteiger partial charge < -0.3 is 9.51 Å². The number of nitrogens with zero attached hydrogens (tertiary/aromatic N) is 1. The second-order valence-electron chi connectivity index (χ2n) is 2.68. The van der Waals surface area contributed by atoms with Crippen LogP contribution in [0.5, 0.6) is 0 Å². The van der Waals surface area contributed by atoms with Crippen LogP contribution in [-0.2, 0) is 0 Å². The standard InChI is InChI=1S/C9H6FNO2/c10-7-2-1-3-11-5-6(9(12)13)4-8(7)11/h1-5H,(H,12,13). The molecule has 0 aliphatic carbocycles. The number of rotatable bonds is 1. The summed E-state index contributed by atoms with van der Waals surface area (Å²) in [4.78, 5) is 10.5. The minimum atomic E-state index is -1.05. The second kappa shape index (κ2) is 2.58. The molecule has 0 fully saturated rings. The zero-order chi connectivity index (χ0) is 9.42. The molecule has 2 aromatic heterocycles. The van der Waals surface area contributed by atoms with Crippen molar-refractivity contribution in [2.24, 2.45) is 0 Å². The summed E-state index contributed by atoms with van der Waals surface area (Å²) < 4.78 is 14.5. The fraction of sp³-hybridized carbons (Fsp3) is 0. The molecule has 0 atom stereocenters. The first-order valence-electron chi connectivity index (χ1n) is 3.68. The summed E-state index contributed by atoms with van der Waals surface area (Å²) in [5.74, 6) is -1.47. The number of hydrogen-bond donors (Lipinski definition) is 1. The highest BCUT2D eigenvalue weighted by molar-refractivity contribution is 5.89. The van der Waals surface area contributed by atoms with Crippen molar-refractivity contribution in [3.05, 3.63) is 42.0 Å². The average molecular weight is 179 g/mol. The van der Waals surface area contributed by atoms with Crippen molar-refractivity contribution in [1.29, 1.82) is 0 Å². The van der Waals surface area contributed by atoms with Gasteiger partial charge >= 0.3 is 5.97 Å². The van der Waals surface area contributed by atoms with E-state index in [1.165, 1.54) is 28.8 Å². The molecular weight excluding hydrogens is 173 g/mol. The fourth-order valence-corrected chi connectivity index (χ4v) is 1.22. The molecule has 2 aromatic rings. The number of fused-ring (bicyclic) bond motifs is 1. The highest BCUT2D eigenvalue weighted by Crippen LogP contribution is 2.13. The molecule has 4 heteroatoms. The molecule has 3 nitrogen and oxygen atoms in total. The van der Waals surface area contributed by atoms with E-state index in [1.54, 1.807) is 6.20 Å². The molecule has 1 N–H and O–H groups in total. The summed E-state index contributed by atoms with van der Waals surface area (Å²) in [5, 5.41) is 8.64. The first-order chi connectivity index (χ1) is 6.18. The quantitative estimate of drug-likeness (QED) is 0.724. The van der Waals surface area contributed by atoms with E-state index in [0.29, 0.717) is 0 Å². The number of carboxylic acid groups (broad SMARTS) is 1. The van der Waals surface area contributed by atoms with Gasteiger partial charge in [0.15, 0.2) is 0 Å². The van der Waals surface area contributed by atoms with E-state index in [1.807, 2.05) is 0 Å². The van der Waals surface area contributed by atoms with Crippen LogP contribution in [0.25, 0.3) is 5.52 Å².